The zero-order valence-electron chi connectivity index (χ0n) is 21.8. The Morgan fingerprint density at radius 3 is 1.92 bits per heavy atom. The van der Waals surface area contributed by atoms with Gasteiger partial charge in [-0.05, 0) is 79.8 Å². The van der Waals surface area contributed by atoms with Crippen molar-refractivity contribution >= 4 is 23.1 Å². The molecule has 0 spiro atoms. The number of nitrogens with two attached hydrogens (primary N) is 2. The van der Waals surface area contributed by atoms with E-state index < -0.39 is 5.91 Å². The van der Waals surface area contributed by atoms with Crippen molar-refractivity contribution in [2.45, 2.75) is 0 Å². The van der Waals surface area contributed by atoms with Crippen LogP contribution in [-0.2, 0) is 0 Å². The molecule has 4 aromatic rings. The summed E-state index contributed by atoms with van der Waals surface area (Å²) in [5.41, 5.74) is 14.8. The Bertz CT molecular complexity index is 1450. The molecule has 0 unspecified atom stereocenters. The third-order valence-electron chi connectivity index (χ3n) is 6.54. The number of piperazine rings is 1. The average molecular weight is 522 g/mol. The molecule has 1 saturated heterocycles. The SMILES string of the molecule is CN1CCN(c2ccc(C(=O)N=C(N)c3ccc(Oc4ccc(Oc5ccccc5)cc4)cc3N)cc2)CC1. The van der Waals surface area contributed by atoms with Crippen LogP contribution >= 0.6 is 0 Å². The van der Waals surface area contributed by atoms with E-state index in [9.17, 15) is 4.79 Å². The van der Waals surface area contributed by atoms with Crippen molar-refractivity contribution in [1.82, 2.24) is 4.90 Å². The first-order chi connectivity index (χ1) is 18.9. The first-order valence-corrected chi connectivity index (χ1v) is 12.8. The van der Waals surface area contributed by atoms with Gasteiger partial charge in [0.15, 0.2) is 0 Å². The molecule has 1 fully saturated rings. The van der Waals surface area contributed by atoms with Crippen LogP contribution in [0.25, 0.3) is 0 Å². The summed E-state index contributed by atoms with van der Waals surface area (Å²) in [4.78, 5) is 21.5. The molecule has 8 nitrogen and oxygen atoms in total. The van der Waals surface area contributed by atoms with E-state index in [0.717, 1.165) is 37.6 Å². The van der Waals surface area contributed by atoms with Crippen LogP contribution in [0.2, 0.25) is 0 Å². The number of carbonyl (C=O) groups is 1. The summed E-state index contributed by atoms with van der Waals surface area (Å²) in [7, 11) is 2.12. The van der Waals surface area contributed by atoms with E-state index >= 15 is 0 Å². The summed E-state index contributed by atoms with van der Waals surface area (Å²) in [6.07, 6.45) is 0. The monoisotopic (exact) mass is 521 g/mol. The van der Waals surface area contributed by atoms with Crippen molar-refractivity contribution in [2.75, 3.05) is 43.9 Å². The van der Waals surface area contributed by atoms with Gasteiger partial charge in [0.25, 0.3) is 5.91 Å². The van der Waals surface area contributed by atoms with Crippen molar-refractivity contribution < 1.29 is 14.3 Å². The number of rotatable bonds is 7. The highest BCUT2D eigenvalue weighted by atomic mass is 16.5. The number of nitrogens with zero attached hydrogens (tertiary/aromatic N) is 3. The molecule has 0 aromatic heterocycles. The minimum absolute atomic E-state index is 0.0506. The number of carbonyl (C=O) groups excluding carboxylic acids is 1. The lowest BCUT2D eigenvalue weighted by molar-refractivity contribution is 0.100. The first-order valence-electron chi connectivity index (χ1n) is 12.8. The molecule has 4 N–H and O–H groups in total. The molecule has 1 aliphatic heterocycles. The Morgan fingerprint density at radius 2 is 1.31 bits per heavy atom. The smallest absolute Gasteiger partial charge is 0.278 e. The molecule has 1 heterocycles. The van der Waals surface area contributed by atoms with E-state index in [1.165, 1.54) is 0 Å². The zero-order chi connectivity index (χ0) is 27.2. The number of nitrogen functional groups attached to an aromatic ring is 1. The van der Waals surface area contributed by atoms with Gasteiger partial charge in [-0.1, -0.05) is 18.2 Å². The molecule has 1 aliphatic rings. The van der Waals surface area contributed by atoms with Crippen molar-refractivity contribution in [3.05, 3.63) is 108 Å². The maximum absolute atomic E-state index is 12.8. The Morgan fingerprint density at radius 1 is 0.744 bits per heavy atom. The van der Waals surface area contributed by atoms with Crippen LogP contribution in [-0.4, -0.2) is 49.9 Å². The number of aliphatic imine (C=N–C) groups is 1. The Balaban J connectivity index is 1.21. The highest BCUT2D eigenvalue weighted by Gasteiger charge is 2.15. The van der Waals surface area contributed by atoms with Gasteiger partial charge in [-0.3, -0.25) is 4.79 Å². The van der Waals surface area contributed by atoms with Crippen LogP contribution in [0.5, 0.6) is 23.0 Å². The van der Waals surface area contributed by atoms with E-state index in [1.54, 1.807) is 30.3 Å². The molecule has 0 atom stereocenters. The number of likely N-dealkylation sites (N-methyl/N-ethyl adjacent to an activating group) is 1. The minimum Gasteiger partial charge on any atom is -0.457 e. The molecule has 39 heavy (non-hydrogen) atoms. The predicted molar refractivity (Wildman–Crippen MR) is 155 cm³/mol. The maximum atomic E-state index is 12.8. The zero-order valence-corrected chi connectivity index (χ0v) is 21.8. The summed E-state index contributed by atoms with van der Waals surface area (Å²) in [6.45, 7) is 3.95. The lowest BCUT2D eigenvalue weighted by Gasteiger charge is -2.34. The number of benzene rings is 4. The number of hydrogen-bond acceptors (Lipinski definition) is 6. The van der Waals surface area contributed by atoms with E-state index in [1.807, 2.05) is 66.7 Å². The van der Waals surface area contributed by atoms with Gasteiger partial charge < -0.3 is 30.7 Å². The Hall–Kier alpha value is -4.82. The van der Waals surface area contributed by atoms with E-state index in [0.29, 0.717) is 34.1 Å². The van der Waals surface area contributed by atoms with E-state index in [2.05, 4.69) is 21.8 Å². The minimum atomic E-state index is -0.421. The second kappa shape index (κ2) is 11.7. The first kappa shape index (κ1) is 25.8. The topological polar surface area (TPSA) is 106 Å². The lowest BCUT2D eigenvalue weighted by Crippen LogP contribution is -2.44. The van der Waals surface area contributed by atoms with Crippen LogP contribution in [0.4, 0.5) is 11.4 Å². The van der Waals surface area contributed by atoms with Gasteiger partial charge in [-0.25, -0.2) is 0 Å². The standard InChI is InChI=1S/C31H31N5O3/c1-35-17-19-36(20-18-35)23-9-7-22(8-10-23)31(37)34-30(33)28-16-15-27(21-29(28)32)39-26-13-11-25(12-14-26)38-24-5-3-2-4-6-24/h2-16,21H,17-20,32H2,1H3,(H2,33,34,37). The number of para-hydroxylation sites is 1. The number of anilines is 2. The van der Waals surface area contributed by atoms with Crippen molar-refractivity contribution in [3.8, 4) is 23.0 Å². The average Bonchev–Trinajstić information content (AvgIpc) is 2.95. The van der Waals surface area contributed by atoms with Gasteiger partial charge in [0.05, 0.1) is 0 Å². The van der Waals surface area contributed by atoms with Gasteiger partial charge in [-0.15, -0.1) is 0 Å². The molecular weight excluding hydrogens is 490 g/mol. The summed E-state index contributed by atoms with van der Waals surface area (Å²) in [5, 5.41) is 0. The van der Waals surface area contributed by atoms with E-state index in [4.69, 9.17) is 20.9 Å². The van der Waals surface area contributed by atoms with Gasteiger partial charge in [0.2, 0.25) is 0 Å². The van der Waals surface area contributed by atoms with E-state index in [-0.39, 0.29) is 5.84 Å². The molecule has 8 heteroatoms. The van der Waals surface area contributed by atoms with Crippen LogP contribution in [0, 0.1) is 0 Å². The summed E-state index contributed by atoms with van der Waals surface area (Å²) in [5.74, 6) is 2.25. The van der Waals surface area contributed by atoms with Crippen LogP contribution in [0.1, 0.15) is 15.9 Å². The quantitative estimate of drug-likeness (QED) is 0.197. The fraction of sp³-hybridized carbons (Fsp3) is 0.161. The molecule has 198 valence electrons. The van der Waals surface area contributed by atoms with Crippen LogP contribution in [0.15, 0.2) is 102 Å². The van der Waals surface area contributed by atoms with Crippen LogP contribution in [0.3, 0.4) is 0 Å². The lowest BCUT2D eigenvalue weighted by atomic mass is 10.1. The second-order valence-electron chi connectivity index (χ2n) is 9.38. The number of ether oxygens (including phenoxy) is 2. The fourth-order valence-electron chi connectivity index (χ4n) is 4.29. The molecule has 0 saturated carbocycles. The highest BCUT2D eigenvalue weighted by Crippen LogP contribution is 2.28. The summed E-state index contributed by atoms with van der Waals surface area (Å²) < 4.78 is 11.7. The van der Waals surface area contributed by atoms with Gasteiger partial charge in [0, 0.05) is 54.7 Å². The normalized spacial score (nSPS) is 14.2. The van der Waals surface area contributed by atoms with Gasteiger partial charge >= 0.3 is 0 Å². The molecule has 0 aliphatic carbocycles. The predicted octanol–water partition coefficient (Wildman–Crippen LogP) is 5.15. The highest BCUT2D eigenvalue weighted by molar-refractivity contribution is 6.11. The van der Waals surface area contributed by atoms with Crippen molar-refractivity contribution in [2.24, 2.45) is 10.7 Å². The number of hydrogen-bond donors (Lipinski definition) is 2. The Labute approximate surface area is 228 Å². The molecule has 1 amide bonds. The van der Waals surface area contributed by atoms with Crippen molar-refractivity contribution in [3.63, 3.8) is 0 Å². The molecular formula is C31H31N5O3. The van der Waals surface area contributed by atoms with Crippen molar-refractivity contribution in [1.29, 1.82) is 0 Å². The third-order valence-corrected chi connectivity index (χ3v) is 6.54. The Kier molecular flexibility index (Phi) is 7.75. The molecule has 0 bridgehead atoms. The van der Waals surface area contributed by atoms with Crippen LogP contribution < -0.4 is 25.8 Å². The summed E-state index contributed by atoms with van der Waals surface area (Å²) >= 11 is 0. The number of amidine groups is 1. The molecule has 4 aromatic carbocycles. The largest absolute Gasteiger partial charge is 0.457 e. The molecule has 0 radical (unpaired) electrons. The van der Waals surface area contributed by atoms with Gasteiger partial charge in [-0.2, -0.15) is 4.99 Å². The van der Waals surface area contributed by atoms with Gasteiger partial charge in [0.1, 0.15) is 28.8 Å². The number of amides is 1. The fourth-order valence-corrected chi connectivity index (χ4v) is 4.29. The maximum Gasteiger partial charge on any atom is 0.278 e. The molecule has 5 rings (SSSR count). The second-order valence-corrected chi connectivity index (χ2v) is 9.38. The third kappa shape index (κ3) is 6.55. The summed E-state index contributed by atoms with van der Waals surface area (Å²) in [6, 6.07) is 29.4.